The van der Waals surface area contributed by atoms with E-state index < -0.39 is 0 Å². The highest BCUT2D eigenvalue weighted by molar-refractivity contribution is 5.99. The van der Waals surface area contributed by atoms with Crippen LogP contribution >= 0.6 is 0 Å². The number of hydrogen-bond acceptors (Lipinski definition) is 4. The van der Waals surface area contributed by atoms with Gasteiger partial charge in [-0.2, -0.15) is 0 Å². The van der Waals surface area contributed by atoms with E-state index >= 15 is 0 Å². The number of amides is 1. The van der Waals surface area contributed by atoms with Gasteiger partial charge in [-0.25, -0.2) is 0 Å². The van der Waals surface area contributed by atoms with Crippen LogP contribution in [0.1, 0.15) is 28.7 Å². The molecule has 26 heavy (non-hydrogen) atoms. The Labute approximate surface area is 153 Å². The number of carbonyl (C=O) groups is 1. The summed E-state index contributed by atoms with van der Waals surface area (Å²) in [5, 5.41) is 5.43. The Morgan fingerprint density at radius 3 is 2.42 bits per heavy atom. The van der Waals surface area contributed by atoms with Gasteiger partial charge in [0.15, 0.2) is 5.76 Å². The van der Waals surface area contributed by atoms with Crippen molar-refractivity contribution < 1.29 is 9.21 Å². The fourth-order valence-corrected chi connectivity index (χ4v) is 3.77. The lowest BCUT2D eigenvalue weighted by Gasteiger charge is -2.35. The van der Waals surface area contributed by atoms with Crippen molar-refractivity contribution in [2.45, 2.75) is 27.3 Å². The lowest BCUT2D eigenvalue weighted by Crippen LogP contribution is -2.48. The Balaban J connectivity index is 1.52. The number of furan rings is 1. The van der Waals surface area contributed by atoms with E-state index in [1.165, 1.54) is 5.69 Å². The highest BCUT2D eigenvalue weighted by Gasteiger charge is 2.28. The average molecular weight is 352 g/mol. The number of anilines is 1. The second kappa shape index (κ2) is 6.52. The highest BCUT2D eigenvalue weighted by Crippen LogP contribution is 2.29. The van der Waals surface area contributed by atoms with Gasteiger partial charge in [0.05, 0.1) is 5.39 Å². The molecule has 0 atom stereocenters. The average Bonchev–Trinajstić information content (AvgIpc) is 3.18. The molecule has 3 aromatic rings. The molecule has 1 saturated heterocycles. The molecular weight excluding hydrogens is 328 g/mol. The van der Waals surface area contributed by atoms with E-state index in [9.17, 15) is 4.79 Å². The van der Waals surface area contributed by atoms with Crippen LogP contribution in [0.3, 0.4) is 0 Å². The van der Waals surface area contributed by atoms with E-state index in [1.807, 2.05) is 48.6 Å². The van der Waals surface area contributed by atoms with Gasteiger partial charge in [0.25, 0.3) is 5.91 Å². The maximum Gasteiger partial charge on any atom is 0.290 e. The molecule has 2 aromatic heterocycles. The van der Waals surface area contributed by atoms with Crippen molar-refractivity contribution in [2.75, 3.05) is 31.1 Å². The lowest BCUT2D eigenvalue weighted by atomic mass is 10.1. The first-order valence-electron chi connectivity index (χ1n) is 9.16. The molecule has 0 saturated carbocycles. The normalized spacial score (nSPS) is 15.0. The van der Waals surface area contributed by atoms with Crippen LogP contribution in [0.25, 0.3) is 11.1 Å². The molecule has 1 aliphatic heterocycles. The van der Waals surface area contributed by atoms with Crippen LogP contribution in [0.5, 0.6) is 0 Å². The molecule has 0 bridgehead atoms. The van der Waals surface area contributed by atoms with E-state index in [2.05, 4.69) is 22.1 Å². The molecule has 6 nitrogen and oxygen atoms in total. The standard InChI is InChI=1S/C20H24N4O2/c1-4-24-15(3)17-14(2)18(26-19(17)21-24)20(25)23-12-10-22(11-13-23)16-8-6-5-7-9-16/h5-9H,4,10-13H2,1-3H3. The molecule has 0 N–H and O–H groups in total. The first-order chi connectivity index (χ1) is 12.6. The Hall–Kier alpha value is -2.76. The summed E-state index contributed by atoms with van der Waals surface area (Å²) in [4.78, 5) is 17.2. The minimum atomic E-state index is -0.0318. The van der Waals surface area contributed by atoms with E-state index in [0.717, 1.165) is 36.3 Å². The zero-order chi connectivity index (χ0) is 18.3. The van der Waals surface area contributed by atoms with Crippen molar-refractivity contribution in [1.29, 1.82) is 0 Å². The van der Waals surface area contributed by atoms with Crippen LogP contribution in [0.2, 0.25) is 0 Å². The van der Waals surface area contributed by atoms with E-state index in [4.69, 9.17) is 4.42 Å². The molecule has 0 spiro atoms. The maximum absolute atomic E-state index is 13.0. The van der Waals surface area contributed by atoms with Crippen LogP contribution in [0, 0.1) is 13.8 Å². The van der Waals surface area contributed by atoms with Crippen LogP contribution in [-0.2, 0) is 6.54 Å². The van der Waals surface area contributed by atoms with Gasteiger partial charge in [0.2, 0.25) is 5.71 Å². The van der Waals surface area contributed by atoms with Crippen molar-refractivity contribution in [3.8, 4) is 0 Å². The second-order valence-corrected chi connectivity index (χ2v) is 6.75. The van der Waals surface area contributed by atoms with Gasteiger partial charge < -0.3 is 14.2 Å². The first-order valence-corrected chi connectivity index (χ1v) is 9.16. The maximum atomic E-state index is 13.0. The molecule has 136 valence electrons. The number of nitrogens with zero attached hydrogens (tertiary/aromatic N) is 4. The summed E-state index contributed by atoms with van der Waals surface area (Å²) in [6.07, 6.45) is 0. The fourth-order valence-electron chi connectivity index (χ4n) is 3.77. The predicted octanol–water partition coefficient (Wildman–Crippen LogP) is 3.23. The second-order valence-electron chi connectivity index (χ2n) is 6.75. The minimum Gasteiger partial charge on any atom is -0.431 e. The molecule has 0 unspecified atom stereocenters. The largest absolute Gasteiger partial charge is 0.431 e. The third-order valence-electron chi connectivity index (χ3n) is 5.27. The van der Waals surface area contributed by atoms with Crippen LogP contribution in [-0.4, -0.2) is 46.8 Å². The predicted molar refractivity (Wildman–Crippen MR) is 102 cm³/mol. The van der Waals surface area contributed by atoms with Crippen molar-refractivity contribution in [3.05, 3.63) is 47.3 Å². The molecule has 0 radical (unpaired) electrons. The number of aryl methyl sites for hydroxylation is 3. The summed E-state index contributed by atoms with van der Waals surface area (Å²) in [5.74, 6) is 0.401. The van der Waals surface area contributed by atoms with Crippen molar-refractivity contribution in [3.63, 3.8) is 0 Å². The van der Waals surface area contributed by atoms with E-state index in [1.54, 1.807) is 0 Å². The fraction of sp³-hybridized carbons (Fsp3) is 0.400. The minimum absolute atomic E-state index is 0.0318. The number of carbonyl (C=O) groups excluding carboxylic acids is 1. The number of rotatable bonds is 3. The molecule has 6 heteroatoms. The van der Waals surface area contributed by atoms with Gasteiger partial charge in [0, 0.05) is 49.7 Å². The molecular formula is C20H24N4O2. The Bertz CT molecular complexity index is 934. The van der Waals surface area contributed by atoms with Gasteiger partial charge in [0.1, 0.15) is 0 Å². The molecule has 0 aliphatic carbocycles. The number of para-hydroxylation sites is 1. The zero-order valence-electron chi connectivity index (χ0n) is 15.5. The Morgan fingerprint density at radius 2 is 1.81 bits per heavy atom. The van der Waals surface area contributed by atoms with Crippen molar-refractivity contribution in [1.82, 2.24) is 14.7 Å². The van der Waals surface area contributed by atoms with Crippen LogP contribution in [0.4, 0.5) is 5.69 Å². The smallest absolute Gasteiger partial charge is 0.290 e. The molecule has 1 amide bonds. The van der Waals surface area contributed by atoms with E-state index in [0.29, 0.717) is 24.6 Å². The topological polar surface area (TPSA) is 54.5 Å². The van der Waals surface area contributed by atoms with Gasteiger partial charge in [-0.1, -0.05) is 18.2 Å². The van der Waals surface area contributed by atoms with E-state index in [-0.39, 0.29) is 5.91 Å². The van der Waals surface area contributed by atoms with Gasteiger partial charge in [-0.3, -0.25) is 9.48 Å². The molecule has 1 aliphatic rings. The monoisotopic (exact) mass is 352 g/mol. The first kappa shape index (κ1) is 16.7. The number of hydrogen-bond donors (Lipinski definition) is 0. The summed E-state index contributed by atoms with van der Waals surface area (Å²) in [7, 11) is 0. The Morgan fingerprint density at radius 1 is 1.12 bits per heavy atom. The molecule has 4 rings (SSSR count). The molecule has 1 fully saturated rings. The van der Waals surface area contributed by atoms with Crippen LogP contribution < -0.4 is 4.90 Å². The van der Waals surface area contributed by atoms with Gasteiger partial charge in [-0.05, 0) is 32.9 Å². The zero-order valence-corrected chi connectivity index (χ0v) is 15.5. The summed E-state index contributed by atoms with van der Waals surface area (Å²) in [5.41, 5.74) is 3.72. The van der Waals surface area contributed by atoms with Gasteiger partial charge in [-0.15, -0.1) is 5.10 Å². The summed E-state index contributed by atoms with van der Waals surface area (Å²) >= 11 is 0. The van der Waals surface area contributed by atoms with Crippen molar-refractivity contribution in [2.24, 2.45) is 0 Å². The number of benzene rings is 1. The van der Waals surface area contributed by atoms with Crippen LogP contribution in [0.15, 0.2) is 34.7 Å². The van der Waals surface area contributed by atoms with Gasteiger partial charge >= 0.3 is 0 Å². The third kappa shape index (κ3) is 2.66. The third-order valence-corrected chi connectivity index (χ3v) is 5.27. The quantitative estimate of drug-likeness (QED) is 0.726. The number of aromatic nitrogens is 2. The van der Waals surface area contributed by atoms with Crippen molar-refractivity contribution >= 4 is 22.7 Å². The Kier molecular flexibility index (Phi) is 4.18. The summed E-state index contributed by atoms with van der Waals surface area (Å²) < 4.78 is 7.76. The lowest BCUT2D eigenvalue weighted by molar-refractivity contribution is 0.0715. The highest BCUT2D eigenvalue weighted by atomic mass is 16.4. The number of fused-ring (bicyclic) bond motifs is 1. The molecule has 3 heterocycles. The summed E-state index contributed by atoms with van der Waals surface area (Å²) in [6.45, 7) is 9.86. The summed E-state index contributed by atoms with van der Waals surface area (Å²) in [6, 6.07) is 10.3. The number of piperazine rings is 1. The molecule has 1 aromatic carbocycles. The SMILES string of the molecule is CCn1nc2oc(C(=O)N3CCN(c4ccccc4)CC3)c(C)c2c1C.